The van der Waals surface area contributed by atoms with E-state index in [1.165, 1.54) is 0 Å². The predicted octanol–water partition coefficient (Wildman–Crippen LogP) is 1.62. The van der Waals surface area contributed by atoms with Crippen molar-refractivity contribution in [2.24, 2.45) is 0 Å². The molecular weight excluding hydrogens is 302 g/mol. The van der Waals surface area contributed by atoms with Gasteiger partial charge in [-0.3, -0.25) is 9.52 Å². The maximum atomic E-state index is 13.3. The van der Waals surface area contributed by atoms with Gasteiger partial charge in [0, 0.05) is 11.3 Å². The number of benzene rings is 1. The van der Waals surface area contributed by atoms with Gasteiger partial charge in [-0.25, -0.2) is 8.78 Å². The molecule has 0 aliphatic carbocycles. The van der Waals surface area contributed by atoms with Crippen LogP contribution in [-0.4, -0.2) is 30.8 Å². The minimum atomic E-state index is -0.985. The average Bonchev–Trinajstić information content (AvgIpc) is 2.78. The summed E-state index contributed by atoms with van der Waals surface area (Å²) in [6, 6.07) is 2.13. The van der Waals surface area contributed by atoms with Gasteiger partial charge in [0.1, 0.15) is 17.3 Å². The van der Waals surface area contributed by atoms with E-state index in [9.17, 15) is 13.6 Å². The van der Waals surface area contributed by atoms with Crippen molar-refractivity contribution >= 4 is 23.5 Å². The zero-order chi connectivity index (χ0) is 15.0. The van der Waals surface area contributed by atoms with Gasteiger partial charge in [-0.15, -0.1) is 0 Å². The maximum absolute atomic E-state index is 13.3. The Morgan fingerprint density at radius 2 is 2.14 bits per heavy atom. The summed E-state index contributed by atoms with van der Waals surface area (Å²) in [5.41, 5.74) is 3.67. The second kappa shape index (κ2) is 5.43. The minimum Gasteiger partial charge on any atom is -0.394 e. The summed E-state index contributed by atoms with van der Waals surface area (Å²) in [6.45, 7) is 0.669. The lowest BCUT2D eigenvalue weighted by atomic mass is 9.95. The lowest BCUT2D eigenvalue weighted by Crippen LogP contribution is -2.49. The Bertz CT molecular complexity index is 560. The van der Waals surface area contributed by atoms with Crippen molar-refractivity contribution in [1.82, 2.24) is 4.72 Å². The van der Waals surface area contributed by atoms with Crippen molar-refractivity contribution < 1.29 is 23.0 Å². The number of anilines is 1. The summed E-state index contributed by atoms with van der Waals surface area (Å²) < 4.78 is 40.3. The van der Waals surface area contributed by atoms with Crippen molar-refractivity contribution in [2.75, 3.05) is 18.9 Å². The van der Waals surface area contributed by atoms with Crippen LogP contribution in [0, 0.1) is 11.6 Å². The van der Waals surface area contributed by atoms with Crippen LogP contribution in [0.2, 0.25) is 0 Å². The molecular formula is C13H14F2N2O3S. The molecule has 3 rings (SSSR count). The van der Waals surface area contributed by atoms with E-state index in [2.05, 4.69) is 4.72 Å². The van der Waals surface area contributed by atoms with Crippen LogP contribution in [0.15, 0.2) is 17.0 Å². The van der Waals surface area contributed by atoms with Gasteiger partial charge in [0.25, 0.3) is 5.91 Å². The molecule has 0 aromatic heterocycles. The standard InChI is InChI=1S/C13H14F2N2O3S/c14-9-3-8(4-10(15)11(9)16)21-17-12(18)13-5-7(19-6-13)1-2-20-13/h3-4,7H,1-2,5-6,16H2,(H,17,18). The Kier molecular flexibility index (Phi) is 3.76. The number of ether oxygens (including phenoxy) is 2. The van der Waals surface area contributed by atoms with Crippen LogP contribution in [0.4, 0.5) is 14.5 Å². The lowest BCUT2D eigenvalue weighted by Gasteiger charge is -2.29. The first kappa shape index (κ1) is 14.6. The largest absolute Gasteiger partial charge is 0.394 e. The van der Waals surface area contributed by atoms with Crippen molar-refractivity contribution in [3.63, 3.8) is 0 Å². The van der Waals surface area contributed by atoms with E-state index in [1.54, 1.807) is 0 Å². The normalized spacial score (nSPS) is 27.6. The summed E-state index contributed by atoms with van der Waals surface area (Å²) in [7, 11) is 0. The smallest absolute Gasteiger partial charge is 0.264 e. The summed E-state index contributed by atoms with van der Waals surface area (Å²) in [5, 5.41) is 0. The van der Waals surface area contributed by atoms with Crippen LogP contribution < -0.4 is 10.5 Å². The number of fused-ring (bicyclic) bond motifs is 2. The van der Waals surface area contributed by atoms with E-state index in [0.717, 1.165) is 30.5 Å². The van der Waals surface area contributed by atoms with E-state index in [-0.39, 0.29) is 23.5 Å². The van der Waals surface area contributed by atoms with Crippen LogP contribution in [-0.2, 0) is 14.3 Å². The quantitative estimate of drug-likeness (QED) is 0.655. The molecule has 114 valence electrons. The summed E-state index contributed by atoms with van der Waals surface area (Å²) in [5.74, 6) is -2.07. The molecule has 2 saturated heterocycles. The number of nitrogens with one attached hydrogen (secondary N) is 1. The zero-order valence-electron chi connectivity index (χ0n) is 11.0. The number of amides is 1. The molecule has 2 fully saturated rings. The molecule has 2 atom stereocenters. The highest BCUT2D eigenvalue weighted by atomic mass is 32.2. The molecule has 5 nitrogen and oxygen atoms in total. The lowest BCUT2D eigenvalue weighted by molar-refractivity contribution is -0.146. The Morgan fingerprint density at radius 1 is 1.43 bits per heavy atom. The third kappa shape index (κ3) is 2.70. The molecule has 0 spiro atoms. The molecule has 0 saturated carbocycles. The number of nitrogen functional groups attached to an aromatic ring is 1. The van der Waals surface area contributed by atoms with E-state index in [1.807, 2.05) is 0 Å². The SMILES string of the molecule is Nc1c(F)cc(SNC(=O)C23COC(CCO2)C3)cc1F. The molecule has 8 heteroatoms. The third-order valence-corrected chi connectivity index (χ3v) is 4.41. The van der Waals surface area contributed by atoms with Gasteiger partial charge in [0.15, 0.2) is 5.60 Å². The molecule has 1 aromatic carbocycles. The number of carbonyl (C=O) groups excluding carboxylic acids is 1. The van der Waals surface area contributed by atoms with Gasteiger partial charge in [0.05, 0.1) is 19.3 Å². The molecule has 1 aromatic rings. The van der Waals surface area contributed by atoms with Crippen LogP contribution in [0.5, 0.6) is 0 Å². The zero-order valence-corrected chi connectivity index (χ0v) is 11.8. The number of hydrogen-bond acceptors (Lipinski definition) is 5. The Morgan fingerprint density at radius 3 is 2.86 bits per heavy atom. The first-order valence-corrected chi connectivity index (χ1v) is 7.29. The number of halogens is 2. The highest BCUT2D eigenvalue weighted by molar-refractivity contribution is 7.98. The monoisotopic (exact) mass is 316 g/mol. The highest BCUT2D eigenvalue weighted by Gasteiger charge is 2.50. The minimum absolute atomic E-state index is 0.0425. The first-order chi connectivity index (χ1) is 10.00. The highest BCUT2D eigenvalue weighted by Crippen LogP contribution is 2.35. The first-order valence-electron chi connectivity index (χ1n) is 6.47. The van der Waals surface area contributed by atoms with Crippen molar-refractivity contribution in [2.45, 2.75) is 29.4 Å². The molecule has 2 aliphatic rings. The number of hydrogen-bond donors (Lipinski definition) is 2. The number of nitrogens with two attached hydrogens (primary N) is 1. The Labute approximate surface area is 124 Å². The molecule has 2 bridgehead atoms. The number of rotatable bonds is 3. The summed E-state index contributed by atoms with van der Waals surface area (Å²) in [6.07, 6.45) is 1.32. The van der Waals surface area contributed by atoms with Crippen LogP contribution >= 0.6 is 11.9 Å². The second-order valence-electron chi connectivity index (χ2n) is 5.10. The topological polar surface area (TPSA) is 73.6 Å². The van der Waals surface area contributed by atoms with Gasteiger partial charge in [-0.1, -0.05) is 0 Å². The maximum Gasteiger partial charge on any atom is 0.264 e. The van der Waals surface area contributed by atoms with Gasteiger partial charge >= 0.3 is 0 Å². The predicted molar refractivity (Wildman–Crippen MR) is 72.4 cm³/mol. The van der Waals surface area contributed by atoms with E-state index >= 15 is 0 Å². The molecule has 2 aliphatic heterocycles. The molecule has 0 radical (unpaired) electrons. The summed E-state index contributed by atoms with van der Waals surface area (Å²) >= 11 is 0.821. The Balaban J connectivity index is 1.66. The van der Waals surface area contributed by atoms with Crippen LogP contribution in [0.25, 0.3) is 0 Å². The molecule has 2 heterocycles. The fraction of sp³-hybridized carbons (Fsp3) is 0.462. The van der Waals surface area contributed by atoms with Gasteiger partial charge in [-0.2, -0.15) is 0 Å². The molecule has 3 N–H and O–H groups in total. The summed E-state index contributed by atoms with van der Waals surface area (Å²) in [4.78, 5) is 12.5. The van der Waals surface area contributed by atoms with Crippen LogP contribution in [0.1, 0.15) is 12.8 Å². The van der Waals surface area contributed by atoms with Gasteiger partial charge < -0.3 is 15.2 Å². The number of carbonyl (C=O) groups is 1. The molecule has 1 amide bonds. The fourth-order valence-corrected chi connectivity index (χ4v) is 3.17. The van der Waals surface area contributed by atoms with Crippen LogP contribution in [0.3, 0.4) is 0 Å². The van der Waals surface area contributed by atoms with E-state index in [0.29, 0.717) is 13.0 Å². The molecule has 2 unspecified atom stereocenters. The third-order valence-electron chi connectivity index (χ3n) is 3.66. The molecule has 21 heavy (non-hydrogen) atoms. The van der Waals surface area contributed by atoms with Crippen molar-refractivity contribution in [3.8, 4) is 0 Å². The average molecular weight is 316 g/mol. The van der Waals surface area contributed by atoms with Gasteiger partial charge in [-0.05, 0) is 30.5 Å². The van der Waals surface area contributed by atoms with E-state index < -0.39 is 22.9 Å². The second-order valence-corrected chi connectivity index (χ2v) is 5.98. The Hall–Kier alpha value is -1.38. The van der Waals surface area contributed by atoms with Gasteiger partial charge in [0.2, 0.25) is 0 Å². The fourth-order valence-electron chi connectivity index (χ4n) is 2.45. The van der Waals surface area contributed by atoms with E-state index in [4.69, 9.17) is 15.2 Å². The van der Waals surface area contributed by atoms with Crippen molar-refractivity contribution in [1.29, 1.82) is 0 Å². The van der Waals surface area contributed by atoms with Crippen molar-refractivity contribution in [3.05, 3.63) is 23.8 Å².